The number of hydrazone groups is 1. The van der Waals surface area contributed by atoms with E-state index in [0.717, 1.165) is 26.8 Å². The zero-order chi connectivity index (χ0) is 23.0. The predicted octanol–water partition coefficient (Wildman–Crippen LogP) is 3.20. The van der Waals surface area contributed by atoms with Gasteiger partial charge in [-0.2, -0.15) is 10.1 Å². The predicted molar refractivity (Wildman–Crippen MR) is 128 cm³/mol. The van der Waals surface area contributed by atoms with Crippen LogP contribution in [0.4, 0.5) is 5.95 Å². The lowest BCUT2D eigenvalue weighted by atomic mass is 10.1. The van der Waals surface area contributed by atoms with Gasteiger partial charge in [0.1, 0.15) is 0 Å². The highest BCUT2D eigenvalue weighted by atomic mass is 35.5. The molecule has 0 unspecified atom stereocenters. The standard InChI is InChI=1S/C23H23ClN6O2/c1-14-9-10-15(2)17(11-14)13-30-19-20(28(3)23(32)29(4)21(19)31)26-22(30)27-25-12-16-7-5-6-8-18(16)24/h5-12H,13H2,1-4H3,(H,26,27). The number of halogens is 1. The molecule has 0 bridgehead atoms. The van der Waals surface area contributed by atoms with E-state index >= 15 is 0 Å². The van der Waals surface area contributed by atoms with Gasteiger partial charge in [-0.05, 0) is 31.0 Å². The maximum Gasteiger partial charge on any atom is 0.332 e. The number of benzene rings is 2. The van der Waals surface area contributed by atoms with Crippen molar-refractivity contribution in [3.8, 4) is 0 Å². The molecular weight excluding hydrogens is 428 g/mol. The van der Waals surface area contributed by atoms with Crippen molar-refractivity contribution >= 4 is 34.9 Å². The average molecular weight is 451 g/mol. The minimum Gasteiger partial charge on any atom is -0.298 e. The number of aryl methyl sites for hydroxylation is 3. The number of nitrogens with zero attached hydrogens (tertiary/aromatic N) is 5. The fourth-order valence-electron chi connectivity index (χ4n) is 3.57. The van der Waals surface area contributed by atoms with Crippen LogP contribution in [-0.2, 0) is 20.6 Å². The van der Waals surface area contributed by atoms with Crippen LogP contribution in [0.3, 0.4) is 0 Å². The number of rotatable bonds is 5. The minimum absolute atomic E-state index is 0.291. The van der Waals surface area contributed by atoms with Gasteiger partial charge in [0.2, 0.25) is 5.95 Å². The van der Waals surface area contributed by atoms with Crippen molar-refractivity contribution < 1.29 is 0 Å². The first kappa shape index (κ1) is 21.6. The van der Waals surface area contributed by atoms with Gasteiger partial charge in [0, 0.05) is 24.7 Å². The fourth-order valence-corrected chi connectivity index (χ4v) is 3.75. The SMILES string of the molecule is Cc1ccc(C)c(Cn2c(NN=Cc3ccccc3Cl)nc3c2c(=O)n(C)c(=O)n3C)c1. The molecule has 1 N–H and O–H groups in total. The topological polar surface area (TPSA) is 86.2 Å². The molecule has 0 aliphatic heterocycles. The summed E-state index contributed by atoms with van der Waals surface area (Å²) in [5.74, 6) is 0.350. The first-order valence-electron chi connectivity index (χ1n) is 10.0. The van der Waals surface area contributed by atoms with Crippen LogP contribution in [-0.4, -0.2) is 24.9 Å². The lowest BCUT2D eigenvalue weighted by Crippen LogP contribution is -2.37. The van der Waals surface area contributed by atoms with Crippen molar-refractivity contribution in [2.24, 2.45) is 19.2 Å². The van der Waals surface area contributed by atoms with Crippen LogP contribution in [0.5, 0.6) is 0 Å². The Morgan fingerprint density at radius 3 is 2.59 bits per heavy atom. The number of nitrogens with one attached hydrogen (secondary N) is 1. The van der Waals surface area contributed by atoms with Gasteiger partial charge in [-0.1, -0.05) is 53.6 Å². The Labute approximate surface area is 189 Å². The fraction of sp³-hybridized carbons (Fsp3) is 0.217. The summed E-state index contributed by atoms with van der Waals surface area (Å²) in [4.78, 5) is 30.0. The summed E-state index contributed by atoms with van der Waals surface area (Å²) in [5.41, 5.74) is 6.67. The second kappa shape index (κ2) is 8.47. The molecule has 0 spiro atoms. The zero-order valence-electron chi connectivity index (χ0n) is 18.3. The molecule has 0 radical (unpaired) electrons. The van der Waals surface area contributed by atoms with E-state index in [1.54, 1.807) is 23.9 Å². The summed E-state index contributed by atoms with van der Waals surface area (Å²) < 4.78 is 4.20. The molecule has 2 aromatic carbocycles. The summed E-state index contributed by atoms with van der Waals surface area (Å²) in [6, 6.07) is 13.5. The maximum absolute atomic E-state index is 13.0. The van der Waals surface area contributed by atoms with Gasteiger partial charge < -0.3 is 0 Å². The smallest absolute Gasteiger partial charge is 0.298 e. The van der Waals surface area contributed by atoms with Gasteiger partial charge in [-0.15, -0.1) is 0 Å². The summed E-state index contributed by atoms with van der Waals surface area (Å²) in [6.07, 6.45) is 1.58. The number of hydrogen-bond acceptors (Lipinski definition) is 5. The minimum atomic E-state index is -0.440. The largest absolute Gasteiger partial charge is 0.332 e. The van der Waals surface area contributed by atoms with E-state index in [1.807, 2.05) is 44.2 Å². The monoisotopic (exact) mass is 450 g/mol. The first-order valence-corrected chi connectivity index (χ1v) is 10.4. The van der Waals surface area contributed by atoms with Gasteiger partial charge in [0.15, 0.2) is 11.2 Å². The van der Waals surface area contributed by atoms with E-state index in [9.17, 15) is 9.59 Å². The van der Waals surface area contributed by atoms with Crippen molar-refractivity contribution in [2.75, 3.05) is 5.43 Å². The molecule has 0 saturated carbocycles. The Kier molecular flexibility index (Phi) is 5.71. The van der Waals surface area contributed by atoms with Gasteiger partial charge in [-0.3, -0.25) is 18.5 Å². The maximum atomic E-state index is 13.0. The molecule has 0 aliphatic rings. The zero-order valence-corrected chi connectivity index (χ0v) is 19.0. The molecule has 0 aliphatic carbocycles. The van der Waals surface area contributed by atoms with Crippen molar-refractivity contribution in [3.05, 3.63) is 90.6 Å². The number of anilines is 1. The van der Waals surface area contributed by atoms with E-state index < -0.39 is 11.2 Å². The normalized spacial score (nSPS) is 11.5. The molecule has 0 atom stereocenters. The highest BCUT2D eigenvalue weighted by molar-refractivity contribution is 6.33. The molecule has 4 aromatic rings. The number of fused-ring (bicyclic) bond motifs is 1. The second-order valence-corrected chi connectivity index (χ2v) is 8.13. The number of aromatic nitrogens is 4. The average Bonchev–Trinajstić information content (AvgIpc) is 3.13. The van der Waals surface area contributed by atoms with E-state index in [1.165, 1.54) is 11.6 Å². The van der Waals surface area contributed by atoms with Crippen LogP contribution in [0.25, 0.3) is 11.2 Å². The van der Waals surface area contributed by atoms with Crippen molar-refractivity contribution in [2.45, 2.75) is 20.4 Å². The Morgan fingerprint density at radius 2 is 1.84 bits per heavy atom. The number of hydrogen-bond donors (Lipinski definition) is 1. The molecule has 164 valence electrons. The molecule has 0 saturated heterocycles. The lowest BCUT2D eigenvalue weighted by Gasteiger charge is -2.12. The Balaban J connectivity index is 1.87. The third-order valence-corrected chi connectivity index (χ3v) is 5.80. The van der Waals surface area contributed by atoms with E-state index in [0.29, 0.717) is 28.7 Å². The molecule has 4 rings (SSSR count). The van der Waals surface area contributed by atoms with E-state index in [4.69, 9.17) is 11.6 Å². The molecule has 0 fully saturated rings. The molecule has 2 heterocycles. The highest BCUT2D eigenvalue weighted by Crippen LogP contribution is 2.20. The van der Waals surface area contributed by atoms with Crippen LogP contribution >= 0.6 is 11.6 Å². The van der Waals surface area contributed by atoms with Crippen molar-refractivity contribution in [1.82, 2.24) is 18.7 Å². The molecule has 9 heteroatoms. The lowest BCUT2D eigenvalue weighted by molar-refractivity contribution is 0.702. The molecule has 32 heavy (non-hydrogen) atoms. The Morgan fingerprint density at radius 1 is 1.09 bits per heavy atom. The third kappa shape index (κ3) is 3.85. The quantitative estimate of drug-likeness (QED) is 0.373. The molecular formula is C23H23ClN6O2. The van der Waals surface area contributed by atoms with Gasteiger partial charge in [-0.25, -0.2) is 10.2 Å². The Bertz CT molecular complexity index is 1480. The van der Waals surface area contributed by atoms with Gasteiger partial charge in [0.05, 0.1) is 12.8 Å². The van der Waals surface area contributed by atoms with Crippen molar-refractivity contribution in [3.63, 3.8) is 0 Å². The molecule has 0 amide bonds. The highest BCUT2D eigenvalue weighted by Gasteiger charge is 2.19. The molecule has 8 nitrogen and oxygen atoms in total. The summed E-state index contributed by atoms with van der Waals surface area (Å²) in [6.45, 7) is 4.43. The van der Waals surface area contributed by atoms with Crippen LogP contribution in [0.2, 0.25) is 5.02 Å². The van der Waals surface area contributed by atoms with Crippen LogP contribution in [0.1, 0.15) is 22.3 Å². The second-order valence-electron chi connectivity index (χ2n) is 7.72. The van der Waals surface area contributed by atoms with Crippen LogP contribution in [0, 0.1) is 13.8 Å². The van der Waals surface area contributed by atoms with Crippen LogP contribution in [0.15, 0.2) is 57.2 Å². The van der Waals surface area contributed by atoms with Crippen molar-refractivity contribution in [1.29, 1.82) is 0 Å². The third-order valence-electron chi connectivity index (χ3n) is 5.45. The molecule has 2 aromatic heterocycles. The Hall–Kier alpha value is -3.65. The summed E-state index contributed by atoms with van der Waals surface area (Å²) in [7, 11) is 3.05. The number of imidazole rings is 1. The van der Waals surface area contributed by atoms with Gasteiger partial charge >= 0.3 is 5.69 Å². The van der Waals surface area contributed by atoms with Crippen LogP contribution < -0.4 is 16.7 Å². The first-order chi connectivity index (χ1) is 15.3. The van der Waals surface area contributed by atoms with E-state index in [2.05, 4.69) is 21.6 Å². The van der Waals surface area contributed by atoms with E-state index in [-0.39, 0.29) is 0 Å². The summed E-state index contributed by atoms with van der Waals surface area (Å²) >= 11 is 6.20. The van der Waals surface area contributed by atoms with Gasteiger partial charge in [0.25, 0.3) is 5.56 Å². The summed E-state index contributed by atoms with van der Waals surface area (Å²) in [5, 5.41) is 4.84.